The number of carbonyl (C=O) groups excluding carboxylic acids is 1. The van der Waals surface area contributed by atoms with E-state index in [0.29, 0.717) is 29.5 Å². The number of hydrogen-bond acceptors (Lipinski definition) is 5. The molecule has 7 nitrogen and oxygen atoms in total. The molecule has 0 saturated carbocycles. The zero-order valence-electron chi connectivity index (χ0n) is 11.3. The summed E-state index contributed by atoms with van der Waals surface area (Å²) >= 11 is 0. The second-order valence-corrected chi connectivity index (χ2v) is 3.95. The highest BCUT2D eigenvalue weighted by atomic mass is 16.5. The number of nitrogens with one attached hydrogen (secondary N) is 2. The second-order valence-electron chi connectivity index (χ2n) is 3.95. The summed E-state index contributed by atoms with van der Waals surface area (Å²) in [5, 5.41) is 8.95. The number of benzene rings is 1. The largest absolute Gasteiger partial charge is 0.493 e. The molecular formula is C13H16N4O3. The molecule has 1 aromatic heterocycles. The van der Waals surface area contributed by atoms with Crippen LogP contribution < -0.4 is 20.5 Å². The van der Waals surface area contributed by atoms with Crippen molar-refractivity contribution in [1.29, 1.82) is 0 Å². The Hall–Kier alpha value is -2.70. The maximum atomic E-state index is 12.0. The molecule has 0 bridgehead atoms. The maximum Gasteiger partial charge on any atom is 0.275 e. The first-order chi connectivity index (χ1) is 9.65. The van der Waals surface area contributed by atoms with Gasteiger partial charge in [0.2, 0.25) is 0 Å². The molecule has 0 aliphatic carbocycles. The van der Waals surface area contributed by atoms with Crippen molar-refractivity contribution in [2.75, 3.05) is 24.8 Å². The third kappa shape index (κ3) is 2.82. The fourth-order valence-electron chi connectivity index (χ4n) is 1.69. The SMILES string of the molecule is CCOc1ccc(NC(=O)c2[nH]ncc2N)cc1OC. The van der Waals surface area contributed by atoms with Gasteiger partial charge < -0.3 is 20.5 Å². The minimum absolute atomic E-state index is 0.220. The van der Waals surface area contributed by atoms with Crippen LogP contribution in [0.2, 0.25) is 0 Å². The number of methoxy groups -OCH3 is 1. The average Bonchev–Trinajstić information content (AvgIpc) is 2.87. The standard InChI is InChI=1S/C13H16N4O3/c1-3-20-10-5-4-8(6-11(10)19-2)16-13(18)12-9(14)7-15-17-12/h4-7H,3,14H2,1-2H3,(H,15,17)(H,16,18). The summed E-state index contributed by atoms with van der Waals surface area (Å²) in [4.78, 5) is 12.0. The maximum absolute atomic E-state index is 12.0. The van der Waals surface area contributed by atoms with E-state index >= 15 is 0 Å². The summed E-state index contributed by atoms with van der Waals surface area (Å²) in [5.74, 6) is 0.794. The van der Waals surface area contributed by atoms with Gasteiger partial charge in [0.1, 0.15) is 5.69 Å². The number of hydrogen-bond donors (Lipinski definition) is 3. The Morgan fingerprint density at radius 1 is 1.45 bits per heavy atom. The van der Waals surface area contributed by atoms with Crippen LogP contribution in [0.1, 0.15) is 17.4 Å². The molecule has 1 heterocycles. The third-order valence-corrected chi connectivity index (χ3v) is 2.62. The van der Waals surface area contributed by atoms with Crippen LogP contribution in [0.3, 0.4) is 0 Å². The van der Waals surface area contributed by atoms with E-state index in [4.69, 9.17) is 15.2 Å². The first-order valence-electron chi connectivity index (χ1n) is 6.06. The number of aromatic nitrogens is 2. The van der Waals surface area contributed by atoms with Gasteiger partial charge in [-0.1, -0.05) is 0 Å². The van der Waals surface area contributed by atoms with Gasteiger partial charge in [-0.3, -0.25) is 9.89 Å². The molecule has 0 saturated heterocycles. The Kier molecular flexibility index (Phi) is 4.09. The average molecular weight is 276 g/mol. The molecule has 20 heavy (non-hydrogen) atoms. The minimum atomic E-state index is -0.369. The van der Waals surface area contributed by atoms with Crippen molar-refractivity contribution >= 4 is 17.3 Å². The summed E-state index contributed by atoms with van der Waals surface area (Å²) < 4.78 is 10.6. The molecule has 0 aliphatic rings. The zero-order valence-corrected chi connectivity index (χ0v) is 11.3. The van der Waals surface area contributed by atoms with Crippen LogP contribution in [-0.2, 0) is 0 Å². The number of anilines is 2. The first kappa shape index (κ1) is 13.7. The summed E-state index contributed by atoms with van der Waals surface area (Å²) in [5.41, 5.74) is 6.70. The van der Waals surface area contributed by atoms with E-state index in [1.807, 2.05) is 6.92 Å². The number of rotatable bonds is 5. The van der Waals surface area contributed by atoms with E-state index in [0.717, 1.165) is 0 Å². The van der Waals surface area contributed by atoms with Gasteiger partial charge >= 0.3 is 0 Å². The van der Waals surface area contributed by atoms with Gasteiger partial charge in [0.15, 0.2) is 11.5 Å². The lowest BCUT2D eigenvalue weighted by Gasteiger charge is -2.11. The number of aromatic amines is 1. The van der Waals surface area contributed by atoms with Crippen molar-refractivity contribution in [2.24, 2.45) is 0 Å². The monoisotopic (exact) mass is 276 g/mol. The number of carbonyl (C=O) groups is 1. The van der Waals surface area contributed by atoms with Crippen LogP contribution in [0.4, 0.5) is 11.4 Å². The van der Waals surface area contributed by atoms with Crippen LogP contribution in [0.5, 0.6) is 11.5 Å². The normalized spacial score (nSPS) is 10.1. The van der Waals surface area contributed by atoms with E-state index in [1.165, 1.54) is 13.3 Å². The molecule has 0 spiro atoms. The van der Waals surface area contributed by atoms with Crippen molar-refractivity contribution in [3.63, 3.8) is 0 Å². The molecule has 4 N–H and O–H groups in total. The molecule has 1 aromatic carbocycles. The summed E-state index contributed by atoms with van der Waals surface area (Å²) in [6.45, 7) is 2.42. The van der Waals surface area contributed by atoms with E-state index in [1.54, 1.807) is 18.2 Å². The Bertz CT molecular complexity index is 609. The molecule has 0 radical (unpaired) electrons. The summed E-state index contributed by atoms with van der Waals surface area (Å²) in [6.07, 6.45) is 1.38. The van der Waals surface area contributed by atoms with Crippen LogP contribution in [0.25, 0.3) is 0 Å². The highest BCUT2D eigenvalue weighted by molar-refractivity contribution is 6.06. The van der Waals surface area contributed by atoms with E-state index in [9.17, 15) is 4.79 Å². The van der Waals surface area contributed by atoms with E-state index in [-0.39, 0.29) is 11.6 Å². The lowest BCUT2D eigenvalue weighted by molar-refractivity contribution is 0.102. The molecular weight excluding hydrogens is 260 g/mol. The quantitative estimate of drug-likeness (QED) is 0.770. The highest BCUT2D eigenvalue weighted by Crippen LogP contribution is 2.30. The Balaban J connectivity index is 2.18. The molecule has 0 unspecified atom stereocenters. The van der Waals surface area contributed by atoms with Gasteiger partial charge in [-0.25, -0.2) is 0 Å². The fourth-order valence-corrected chi connectivity index (χ4v) is 1.69. The van der Waals surface area contributed by atoms with Crippen molar-refractivity contribution in [3.8, 4) is 11.5 Å². The lowest BCUT2D eigenvalue weighted by Crippen LogP contribution is -2.14. The Morgan fingerprint density at radius 3 is 2.85 bits per heavy atom. The van der Waals surface area contributed by atoms with E-state index in [2.05, 4.69) is 15.5 Å². The number of nitrogens with two attached hydrogens (primary N) is 1. The molecule has 0 aliphatic heterocycles. The lowest BCUT2D eigenvalue weighted by atomic mass is 10.2. The van der Waals surface area contributed by atoms with Crippen molar-refractivity contribution in [3.05, 3.63) is 30.1 Å². The van der Waals surface area contributed by atoms with Crippen LogP contribution in [0, 0.1) is 0 Å². The first-order valence-corrected chi connectivity index (χ1v) is 6.06. The fraction of sp³-hybridized carbons (Fsp3) is 0.231. The van der Waals surface area contributed by atoms with Gasteiger partial charge in [0.25, 0.3) is 5.91 Å². The Labute approximate surface area is 116 Å². The molecule has 2 aromatic rings. The van der Waals surface area contributed by atoms with Gasteiger partial charge in [-0.2, -0.15) is 5.10 Å². The van der Waals surface area contributed by atoms with Crippen molar-refractivity contribution < 1.29 is 14.3 Å². The van der Waals surface area contributed by atoms with Gasteiger partial charge in [0.05, 0.1) is 25.6 Å². The number of amides is 1. The topological polar surface area (TPSA) is 102 Å². The Morgan fingerprint density at radius 2 is 2.25 bits per heavy atom. The molecule has 2 rings (SSSR count). The van der Waals surface area contributed by atoms with Crippen LogP contribution in [0.15, 0.2) is 24.4 Å². The molecule has 0 fully saturated rings. The molecule has 106 valence electrons. The minimum Gasteiger partial charge on any atom is -0.493 e. The van der Waals surface area contributed by atoms with Crippen LogP contribution >= 0.6 is 0 Å². The number of nitrogens with zero attached hydrogens (tertiary/aromatic N) is 1. The van der Waals surface area contributed by atoms with Gasteiger partial charge in [0, 0.05) is 11.8 Å². The predicted molar refractivity (Wildman–Crippen MR) is 75.1 cm³/mol. The molecule has 7 heteroatoms. The van der Waals surface area contributed by atoms with Crippen molar-refractivity contribution in [1.82, 2.24) is 10.2 Å². The zero-order chi connectivity index (χ0) is 14.5. The number of ether oxygens (including phenoxy) is 2. The van der Waals surface area contributed by atoms with Crippen molar-refractivity contribution in [2.45, 2.75) is 6.92 Å². The smallest absolute Gasteiger partial charge is 0.275 e. The third-order valence-electron chi connectivity index (χ3n) is 2.62. The predicted octanol–water partition coefficient (Wildman–Crippen LogP) is 1.65. The summed E-state index contributed by atoms with van der Waals surface area (Å²) in [6, 6.07) is 5.13. The van der Waals surface area contributed by atoms with Gasteiger partial charge in [-0.05, 0) is 19.1 Å². The molecule has 0 atom stereocenters. The number of nitrogen functional groups attached to an aromatic ring is 1. The highest BCUT2D eigenvalue weighted by Gasteiger charge is 2.13. The molecule has 1 amide bonds. The van der Waals surface area contributed by atoms with Crippen LogP contribution in [-0.4, -0.2) is 29.8 Å². The number of H-pyrrole nitrogens is 1. The van der Waals surface area contributed by atoms with E-state index < -0.39 is 0 Å². The summed E-state index contributed by atoms with van der Waals surface area (Å²) in [7, 11) is 1.54. The second kappa shape index (κ2) is 5.96. The van der Waals surface area contributed by atoms with Gasteiger partial charge in [-0.15, -0.1) is 0 Å².